The molecule has 3 rings (SSSR count). The second kappa shape index (κ2) is 8.05. The fraction of sp³-hybridized carbons (Fsp3) is 0.238. The van der Waals surface area contributed by atoms with Crippen molar-refractivity contribution in [3.8, 4) is 0 Å². The Labute approximate surface area is 172 Å². The summed E-state index contributed by atoms with van der Waals surface area (Å²) in [4.78, 5) is 44.9. The monoisotopic (exact) mass is 412 g/mol. The van der Waals surface area contributed by atoms with Crippen molar-refractivity contribution in [2.75, 3.05) is 5.73 Å². The zero-order valence-corrected chi connectivity index (χ0v) is 17.1. The van der Waals surface area contributed by atoms with Crippen molar-refractivity contribution in [1.82, 2.24) is 14.5 Å². The van der Waals surface area contributed by atoms with E-state index < -0.39 is 17.0 Å². The largest absolute Gasteiger partial charge is 0.384 e. The highest BCUT2D eigenvalue weighted by Gasteiger charge is 2.25. The molecule has 0 radical (unpaired) electrons. The lowest BCUT2D eigenvalue weighted by Crippen LogP contribution is -2.38. The molecule has 0 spiro atoms. The summed E-state index contributed by atoms with van der Waals surface area (Å²) in [5.41, 5.74) is 6.57. The van der Waals surface area contributed by atoms with Gasteiger partial charge in [-0.2, -0.15) is 0 Å². The molecule has 2 aromatic heterocycles. The molecule has 0 fully saturated rings. The topological polar surface area (TPSA) is 111 Å². The molecule has 150 valence electrons. The van der Waals surface area contributed by atoms with Gasteiger partial charge in [0, 0.05) is 22.3 Å². The number of aromatic amines is 1. The Morgan fingerprint density at radius 3 is 2.59 bits per heavy atom. The van der Waals surface area contributed by atoms with E-state index in [1.165, 1.54) is 16.8 Å². The van der Waals surface area contributed by atoms with Gasteiger partial charge in [0.1, 0.15) is 11.5 Å². The highest BCUT2D eigenvalue weighted by molar-refractivity contribution is 6.31. The summed E-state index contributed by atoms with van der Waals surface area (Å²) >= 11 is 6.12. The maximum absolute atomic E-state index is 13.5. The zero-order chi connectivity index (χ0) is 21.3. The number of nitrogens with one attached hydrogen (secondary N) is 1. The molecule has 1 aromatic carbocycles. The first-order valence-electron chi connectivity index (χ1n) is 9.06. The Bertz CT molecular complexity index is 1190. The molecule has 29 heavy (non-hydrogen) atoms. The van der Waals surface area contributed by atoms with Crippen LogP contribution in [0.4, 0.5) is 5.82 Å². The summed E-state index contributed by atoms with van der Waals surface area (Å²) in [6, 6.07) is 8.25. The van der Waals surface area contributed by atoms with Crippen LogP contribution < -0.4 is 17.0 Å². The Kier molecular flexibility index (Phi) is 5.70. The number of aromatic nitrogens is 3. The number of nitrogen functional groups attached to an aromatic ring is 1. The van der Waals surface area contributed by atoms with Crippen LogP contribution in [0.25, 0.3) is 0 Å². The number of ketones is 1. The maximum Gasteiger partial charge on any atom is 0.329 e. The van der Waals surface area contributed by atoms with Crippen LogP contribution >= 0.6 is 11.6 Å². The second-order valence-electron chi connectivity index (χ2n) is 7.20. The fourth-order valence-corrected chi connectivity index (χ4v) is 3.59. The average Bonchev–Trinajstić information content (AvgIpc) is 2.62. The molecule has 2 heterocycles. The minimum atomic E-state index is -0.670. The number of rotatable bonds is 5. The first-order chi connectivity index (χ1) is 13.7. The number of benzene rings is 1. The van der Waals surface area contributed by atoms with Crippen LogP contribution in [0.3, 0.4) is 0 Å². The van der Waals surface area contributed by atoms with E-state index in [1.807, 2.05) is 6.92 Å². The predicted molar refractivity (Wildman–Crippen MR) is 113 cm³/mol. The number of H-pyrrole nitrogens is 1. The van der Waals surface area contributed by atoms with Gasteiger partial charge in [0.15, 0.2) is 0 Å². The van der Waals surface area contributed by atoms with E-state index in [9.17, 15) is 14.4 Å². The number of pyridine rings is 1. The third-order valence-electron chi connectivity index (χ3n) is 4.52. The van der Waals surface area contributed by atoms with E-state index in [1.54, 1.807) is 38.1 Å². The number of carbonyl (C=O) groups is 1. The van der Waals surface area contributed by atoms with Crippen molar-refractivity contribution >= 4 is 23.2 Å². The van der Waals surface area contributed by atoms with Gasteiger partial charge in [-0.3, -0.25) is 19.1 Å². The molecule has 7 nitrogen and oxygen atoms in total. The molecule has 0 bridgehead atoms. The van der Waals surface area contributed by atoms with Gasteiger partial charge < -0.3 is 5.73 Å². The lowest BCUT2D eigenvalue weighted by molar-refractivity contribution is 0.102. The first kappa shape index (κ1) is 20.5. The van der Waals surface area contributed by atoms with Crippen LogP contribution in [0.1, 0.15) is 52.5 Å². The van der Waals surface area contributed by atoms with Crippen LogP contribution in [0.15, 0.2) is 46.1 Å². The number of hydrogen-bond acceptors (Lipinski definition) is 5. The summed E-state index contributed by atoms with van der Waals surface area (Å²) in [6.45, 7) is 5.47. The summed E-state index contributed by atoms with van der Waals surface area (Å²) in [7, 11) is 0. The Hall–Kier alpha value is -3.19. The van der Waals surface area contributed by atoms with Crippen molar-refractivity contribution in [2.45, 2.75) is 33.2 Å². The van der Waals surface area contributed by atoms with Gasteiger partial charge >= 0.3 is 5.69 Å². The number of nitrogens with zero attached hydrogens (tertiary/aromatic N) is 2. The Morgan fingerprint density at radius 1 is 1.24 bits per heavy atom. The molecule has 3 aromatic rings. The smallest absolute Gasteiger partial charge is 0.329 e. The van der Waals surface area contributed by atoms with Crippen molar-refractivity contribution < 1.29 is 4.79 Å². The van der Waals surface area contributed by atoms with Crippen molar-refractivity contribution in [3.05, 3.63) is 90.3 Å². The molecular weight excluding hydrogens is 392 g/mol. The first-order valence-corrected chi connectivity index (χ1v) is 9.44. The molecule has 0 unspecified atom stereocenters. The quantitative estimate of drug-likeness (QED) is 0.626. The van der Waals surface area contributed by atoms with Crippen molar-refractivity contribution in [2.24, 2.45) is 0 Å². The number of halogens is 1. The van der Waals surface area contributed by atoms with E-state index in [4.69, 9.17) is 17.3 Å². The average molecular weight is 413 g/mol. The third kappa shape index (κ3) is 4.30. The molecule has 0 amide bonds. The van der Waals surface area contributed by atoms with Gasteiger partial charge in [-0.15, -0.1) is 0 Å². The minimum Gasteiger partial charge on any atom is -0.384 e. The second-order valence-corrected chi connectivity index (χ2v) is 7.63. The number of anilines is 1. The van der Waals surface area contributed by atoms with E-state index in [-0.39, 0.29) is 23.7 Å². The number of aryl methyl sites for hydroxylation is 1. The summed E-state index contributed by atoms with van der Waals surface area (Å²) < 4.78 is 1.27. The van der Waals surface area contributed by atoms with Gasteiger partial charge in [-0.25, -0.2) is 9.78 Å². The van der Waals surface area contributed by atoms with Crippen molar-refractivity contribution in [3.63, 3.8) is 0 Å². The molecule has 0 aliphatic carbocycles. The van der Waals surface area contributed by atoms with Gasteiger partial charge in [0.05, 0.1) is 6.54 Å². The minimum absolute atomic E-state index is 0.0470. The number of carbonyl (C=O) groups excluding carboxylic acids is 1. The van der Waals surface area contributed by atoms with E-state index in [0.29, 0.717) is 22.0 Å². The van der Waals surface area contributed by atoms with Gasteiger partial charge in [0.2, 0.25) is 5.78 Å². The molecule has 0 aliphatic heterocycles. The van der Waals surface area contributed by atoms with Crippen molar-refractivity contribution in [1.29, 1.82) is 0 Å². The third-order valence-corrected chi connectivity index (χ3v) is 4.74. The maximum atomic E-state index is 13.5. The zero-order valence-electron chi connectivity index (χ0n) is 16.3. The molecule has 8 heteroatoms. The van der Waals surface area contributed by atoms with Gasteiger partial charge in [0.25, 0.3) is 5.56 Å². The molecule has 0 saturated carbocycles. The Balaban J connectivity index is 2.28. The van der Waals surface area contributed by atoms with Gasteiger partial charge in [-0.05, 0) is 54.3 Å². The Morgan fingerprint density at radius 2 is 1.97 bits per heavy atom. The SMILES string of the molecule is Cc1cc(Cl)cc(C(=O)c2c(C(C)C)c(=O)[nH]c(=O)n2Cc2ccnc(N)c2)c1. The van der Waals surface area contributed by atoms with Crippen LogP contribution in [0.5, 0.6) is 0 Å². The summed E-state index contributed by atoms with van der Waals surface area (Å²) in [5.74, 6) is -0.431. The van der Waals surface area contributed by atoms with Crippen LogP contribution in [-0.2, 0) is 6.54 Å². The van der Waals surface area contributed by atoms with E-state index in [0.717, 1.165) is 5.56 Å². The summed E-state index contributed by atoms with van der Waals surface area (Å²) in [6.07, 6.45) is 1.52. The standard InChI is InChI=1S/C21H21ClN4O3/c1-11(2)17-18(19(27)14-6-12(3)7-15(22)9-14)26(21(29)25-20(17)28)10-13-4-5-24-16(23)8-13/h4-9,11H,10H2,1-3H3,(H2,23,24)(H,25,28,29). The predicted octanol–water partition coefficient (Wildman–Crippen LogP) is 2.88. The molecule has 0 aliphatic rings. The van der Waals surface area contributed by atoms with Crippen LogP contribution in [0, 0.1) is 6.92 Å². The molecule has 0 saturated heterocycles. The molecular formula is C21H21ClN4O3. The van der Waals surface area contributed by atoms with E-state index >= 15 is 0 Å². The number of hydrogen-bond donors (Lipinski definition) is 2. The lowest BCUT2D eigenvalue weighted by atomic mass is 9.96. The molecule has 3 N–H and O–H groups in total. The highest BCUT2D eigenvalue weighted by Crippen LogP contribution is 2.22. The van der Waals surface area contributed by atoms with Crippen LogP contribution in [0.2, 0.25) is 5.02 Å². The fourth-order valence-electron chi connectivity index (χ4n) is 3.30. The van der Waals surface area contributed by atoms with E-state index in [2.05, 4.69) is 9.97 Å². The van der Waals surface area contributed by atoms with Gasteiger partial charge in [-0.1, -0.05) is 25.4 Å². The summed E-state index contributed by atoms with van der Waals surface area (Å²) in [5, 5.41) is 0.403. The normalized spacial score (nSPS) is 11.1. The number of nitrogens with two attached hydrogens (primary N) is 1. The van der Waals surface area contributed by atoms with Crippen LogP contribution in [-0.4, -0.2) is 20.3 Å². The lowest BCUT2D eigenvalue weighted by Gasteiger charge is -2.18. The molecule has 0 atom stereocenters. The highest BCUT2D eigenvalue weighted by atomic mass is 35.5.